The van der Waals surface area contributed by atoms with Crippen molar-refractivity contribution in [2.75, 3.05) is 0 Å². The lowest BCUT2D eigenvalue weighted by Gasteiger charge is -2.10. The van der Waals surface area contributed by atoms with Gasteiger partial charge >= 0.3 is 0 Å². The first kappa shape index (κ1) is 20.3. The monoisotopic (exact) mass is 413 g/mol. The molecule has 0 aliphatic carbocycles. The number of fused-ring (bicyclic) bond motifs is 1. The van der Waals surface area contributed by atoms with Gasteiger partial charge in [-0.1, -0.05) is 36.4 Å². The van der Waals surface area contributed by atoms with Gasteiger partial charge in [-0.25, -0.2) is 4.98 Å². The number of hydrogen-bond donors (Lipinski definition) is 2. The molecular formula is C25H23N3O3. The first-order chi connectivity index (χ1) is 15.0. The number of H-pyrrole nitrogens is 1. The van der Waals surface area contributed by atoms with E-state index in [-0.39, 0.29) is 17.9 Å². The van der Waals surface area contributed by atoms with Crippen LogP contribution in [0.15, 0.2) is 71.7 Å². The van der Waals surface area contributed by atoms with Crippen LogP contribution in [0.4, 0.5) is 0 Å². The lowest BCUT2D eigenvalue weighted by Crippen LogP contribution is -2.27. The van der Waals surface area contributed by atoms with Gasteiger partial charge < -0.3 is 15.0 Å². The molecule has 2 aromatic carbocycles. The number of benzene rings is 2. The number of carbonyl (C=O) groups excluding carboxylic acids is 1. The summed E-state index contributed by atoms with van der Waals surface area (Å²) in [5, 5.41) is 3.73. The van der Waals surface area contributed by atoms with Crippen LogP contribution in [0, 0.1) is 13.8 Å². The second-order valence-corrected chi connectivity index (χ2v) is 7.54. The Labute approximate surface area is 179 Å². The molecule has 0 atom stereocenters. The molecule has 0 saturated carbocycles. The van der Waals surface area contributed by atoms with Crippen LogP contribution in [-0.2, 0) is 17.8 Å². The van der Waals surface area contributed by atoms with Gasteiger partial charge in [0.05, 0.1) is 6.42 Å². The number of pyridine rings is 2. The number of hydrogen-bond acceptors (Lipinski definition) is 4. The molecule has 6 heteroatoms. The number of amides is 1. The Hall–Kier alpha value is -3.93. The molecule has 6 nitrogen and oxygen atoms in total. The van der Waals surface area contributed by atoms with Crippen LogP contribution < -0.4 is 15.6 Å². The number of aromatic amines is 1. The van der Waals surface area contributed by atoms with Gasteiger partial charge in [0, 0.05) is 29.9 Å². The van der Waals surface area contributed by atoms with Crippen molar-refractivity contribution in [3.8, 4) is 11.6 Å². The summed E-state index contributed by atoms with van der Waals surface area (Å²) in [6, 6.07) is 18.9. The van der Waals surface area contributed by atoms with Crippen molar-refractivity contribution in [3.63, 3.8) is 0 Å². The largest absolute Gasteiger partial charge is 0.439 e. The van der Waals surface area contributed by atoms with Crippen LogP contribution in [0.25, 0.3) is 10.9 Å². The minimum atomic E-state index is -0.247. The molecule has 156 valence electrons. The third-order valence-corrected chi connectivity index (χ3v) is 5.03. The Kier molecular flexibility index (Phi) is 5.80. The standard InChI is InChI=1S/C25H23N3O3/c1-16-7-8-17(2)22(11-16)31-24-10-9-18(15-27-24)14-26-23(29)13-20-12-19-5-3-4-6-21(19)28-25(20)30/h3-12,15H,13-14H2,1-2H3,(H,26,29)(H,28,30). The van der Waals surface area contributed by atoms with E-state index in [1.54, 1.807) is 18.3 Å². The van der Waals surface area contributed by atoms with Crippen LogP contribution in [0.1, 0.15) is 22.3 Å². The average Bonchev–Trinajstić information content (AvgIpc) is 2.76. The summed E-state index contributed by atoms with van der Waals surface area (Å²) < 4.78 is 5.86. The van der Waals surface area contributed by atoms with E-state index in [4.69, 9.17) is 4.74 Å². The minimum Gasteiger partial charge on any atom is -0.439 e. The number of rotatable bonds is 6. The average molecular weight is 413 g/mol. The van der Waals surface area contributed by atoms with E-state index in [9.17, 15) is 9.59 Å². The topological polar surface area (TPSA) is 84.1 Å². The fraction of sp³-hybridized carbons (Fsp3) is 0.160. The van der Waals surface area contributed by atoms with Gasteiger partial charge in [-0.15, -0.1) is 0 Å². The third-order valence-electron chi connectivity index (χ3n) is 5.03. The molecule has 31 heavy (non-hydrogen) atoms. The molecular weight excluding hydrogens is 390 g/mol. The van der Waals surface area contributed by atoms with E-state index in [1.165, 1.54) is 0 Å². The molecule has 2 heterocycles. The fourth-order valence-electron chi connectivity index (χ4n) is 3.27. The molecule has 2 N–H and O–H groups in total. The van der Waals surface area contributed by atoms with E-state index in [0.29, 0.717) is 18.0 Å². The van der Waals surface area contributed by atoms with Crippen LogP contribution in [0.5, 0.6) is 11.6 Å². The highest BCUT2D eigenvalue weighted by atomic mass is 16.5. The first-order valence-corrected chi connectivity index (χ1v) is 10.1. The molecule has 4 rings (SSSR count). The van der Waals surface area contributed by atoms with Crippen LogP contribution >= 0.6 is 0 Å². The third kappa shape index (κ3) is 4.98. The molecule has 0 radical (unpaired) electrons. The zero-order valence-corrected chi connectivity index (χ0v) is 17.4. The molecule has 0 aliphatic rings. The molecule has 0 fully saturated rings. The number of ether oxygens (including phenoxy) is 1. The summed E-state index contributed by atoms with van der Waals surface area (Å²) in [6.45, 7) is 4.32. The number of nitrogens with one attached hydrogen (secondary N) is 2. The summed E-state index contributed by atoms with van der Waals surface area (Å²) in [5.74, 6) is 1.04. The van der Waals surface area contributed by atoms with Crippen LogP contribution in [0.3, 0.4) is 0 Å². The van der Waals surface area contributed by atoms with Gasteiger partial charge in [-0.05, 0) is 54.1 Å². The van der Waals surface area contributed by atoms with Gasteiger partial charge in [0.25, 0.3) is 5.56 Å². The minimum absolute atomic E-state index is 0.0153. The van der Waals surface area contributed by atoms with Gasteiger partial charge in [0.15, 0.2) is 0 Å². The Bertz CT molecular complexity index is 1290. The van der Waals surface area contributed by atoms with Gasteiger partial charge in [0.2, 0.25) is 11.8 Å². The molecule has 0 bridgehead atoms. The Morgan fingerprint density at radius 1 is 1.06 bits per heavy atom. The van der Waals surface area contributed by atoms with Crippen molar-refractivity contribution >= 4 is 16.8 Å². The Morgan fingerprint density at radius 2 is 1.90 bits per heavy atom. The summed E-state index contributed by atoms with van der Waals surface area (Å²) in [6.07, 6.45) is 1.69. The molecule has 4 aromatic rings. The van der Waals surface area contributed by atoms with Crippen molar-refractivity contribution in [2.45, 2.75) is 26.8 Å². The number of aromatic nitrogens is 2. The van der Waals surface area contributed by atoms with E-state index in [1.807, 2.05) is 62.4 Å². The normalized spacial score (nSPS) is 10.8. The molecule has 0 saturated heterocycles. The lowest BCUT2D eigenvalue weighted by atomic mass is 10.1. The second-order valence-electron chi connectivity index (χ2n) is 7.54. The molecule has 0 spiro atoms. The second kappa shape index (κ2) is 8.83. The highest BCUT2D eigenvalue weighted by Gasteiger charge is 2.09. The van der Waals surface area contributed by atoms with Crippen molar-refractivity contribution < 1.29 is 9.53 Å². The summed E-state index contributed by atoms with van der Waals surface area (Å²) >= 11 is 0. The highest BCUT2D eigenvalue weighted by molar-refractivity contribution is 5.82. The summed E-state index contributed by atoms with van der Waals surface area (Å²) in [4.78, 5) is 31.7. The zero-order chi connectivity index (χ0) is 21.8. The fourth-order valence-corrected chi connectivity index (χ4v) is 3.27. The van der Waals surface area contributed by atoms with Gasteiger partial charge in [-0.3, -0.25) is 9.59 Å². The predicted octanol–water partition coefficient (Wildman–Crippen LogP) is 4.19. The molecule has 0 unspecified atom stereocenters. The maximum absolute atomic E-state index is 12.3. The molecule has 2 aromatic heterocycles. The summed E-state index contributed by atoms with van der Waals surface area (Å²) in [5.41, 5.74) is 3.94. The maximum atomic E-state index is 12.3. The SMILES string of the molecule is Cc1ccc(C)c(Oc2ccc(CNC(=O)Cc3cc4ccccc4[nH]c3=O)cn2)c1. The Balaban J connectivity index is 1.36. The number of nitrogens with zero attached hydrogens (tertiary/aromatic N) is 1. The van der Waals surface area contributed by atoms with Crippen LogP contribution in [0.2, 0.25) is 0 Å². The number of carbonyl (C=O) groups is 1. The van der Waals surface area contributed by atoms with Gasteiger partial charge in [0.1, 0.15) is 5.75 Å². The first-order valence-electron chi connectivity index (χ1n) is 10.1. The van der Waals surface area contributed by atoms with E-state index in [2.05, 4.69) is 15.3 Å². The van der Waals surface area contributed by atoms with Crippen molar-refractivity contribution in [1.82, 2.24) is 15.3 Å². The Morgan fingerprint density at radius 3 is 2.71 bits per heavy atom. The van der Waals surface area contributed by atoms with Crippen molar-refractivity contribution in [2.24, 2.45) is 0 Å². The van der Waals surface area contributed by atoms with Crippen molar-refractivity contribution in [3.05, 3.63) is 99.5 Å². The predicted molar refractivity (Wildman–Crippen MR) is 120 cm³/mol. The number of aryl methyl sites for hydroxylation is 2. The maximum Gasteiger partial charge on any atom is 0.252 e. The van der Waals surface area contributed by atoms with E-state index >= 15 is 0 Å². The van der Waals surface area contributed by atoms with E-state index in [0.717, 1.165) is 33.3 Å². The van der Waals surface area contributed by atoms with E-state index < -0.39 is 0 Å². The molecule has 0 aliphatic heterocycles. The smallest absolute Gasteiger partial charge is 0.252 e. The van der Waals surface area contributed by atoms with Crippen molar-refractivity contribution in [1.29, 1.82) is 0 Å². The highest BCUT2D eigenvalue weighted by Crippen LogP contribution is 2.24. The number of para-hydroxylation sites is 1. The zero-order valence-electron chi connectivity index (χ0n) is 17.4. The lowest BCUT2D eigenvalue weighted by molar-refractivity contribution is -0.120. The molecule has 1 amide bonds. The summed E-state index contributed by atoms with van der Waals surface area (Å²) in [7, 11) is 0. The van der Waals surface area contributed by atoms with Gasteiger partial charge in [-0.2, -0.15) is 0 Å². The quantitative estimate of drug-likeness (QED) is 0.496. The van der Waals surface area contributed by atoms with Crippen LogP contribution in [-0.4, -0.2) is 15.9 Å².